The van der Waals surface area contributed by atoms with E-state index in [4.69, 9.17) is 9.47 Å². The van der Waals surface area contributed by atoms with Crippen LogP contribution in [-0.4, -0.2) is 35.1 Å². The first-order valence-electron chi connectivity index (χ1n) is 9.12. The van der Waals surface area contributed by atoms with Crippen molar-refractivity contribution in [2.24, 2.45) is 0 Å². The number of esters is 1. The summed E-state index contributed by atoms with van der Waals surface area (Å²) >= 11 is 1.12. The van der Waals surface area contributed by atoms with Crippen molar-refractivity contribution in [2.45, 2.75) is 26.3 Å². The molecule has 150 valence electrons. The number of carbonyl (C=O) groups excluding carboxylic acids is 2. The minimum absolute atomic E-state index is 0.121. The van der Waals surface area contributed by atoms with Crippen LogP contribution in [-0.2, 0) is 22.5 Å². The van der Waals surface area contributed by atoms with E-state index in [0.29, 0.717) is 38.6 Å². The topological polar surface area (TPSA) is 99.5 Å². The van der Waals surface area contributed by atoms with Gasteiger partial charge in [-0.25, -0.2) is 9.78 Å². The molecule has 0 saturated carbocycles. The molecule has 0 fully saturated rings. The number of hydrogen-bond acceptors (Lipinski definition) is 7. The summed E-state index contributed by atoms with van der Waals surface area (Å²) < 4.78 is 12.0. The van der Waals surface area contributed by atoms with Crippen molar-refractivity contribution in [3.05, 3.63) is 50.9 Å². The van der Waals surface area contributed by atoms with Gasteiger partial charge in [0.15, 0.2) is 6.61 Å². The van der Waals surface area contributed by atoms with Crippen LogP contribution in [0.1, 0.15) is 27.5 Å². The number of carbonyl (C=O) groups is 2. The zero-order valence-corrected chi connectivity index (χ0v) is 16.8. The van der Waals surface area contributed by atoms with E-state index in [9.17, 15) is 14.4 Å². The minimum Gasteiger partial charge on any atom is -0.495 e. The van der Waals surface area contributed by atoms with Crippen molar-refractivity contribution in [1.82, 2.24) is 9.55 Å². The maximum atomic E-state index is 12.7. The fourth-order valence-corrected chi connectivity index (χ4v) is 4.49. The van der Waals surface area contributed by atoms with Gasteiger partial charge in [0.25, 0.3) is 11.5 Å². The first-order chi connectivity index (χ1) is 14.0. The highest BCUT2D eigenvalue weighted by Gasteiger charge is 2.24. The van der Waals surface area contributed by atoms with E-state index in [1.54, 1.807) is 35.8 Å². The van der Waals surface area contributed by atoms with Crippen molar-refractivity contribution >= 4 is 39.1 Å². The van der Waals surface area contributed by atoms with E-state index in [0.717, 1.165) is 30.0 Å². The third kappa shape index (κ3) is 3.49. The van der Waals surface area contributed by atoms with Crippen molar-refractivity contribution < 1.29 is 19.1 Å². The number of nitrogens with zero attached hydrogens (tertiary/aromatic N) is 2. The Labute approximate surface area is 170 Å². The second-order valence-corrected chi connectivity index (χ2v) is 7.65. The van der Waals surface area contributed by atoms with E-state index in [-0.39, 0.29) is 5.56 Å². The number of ether oxygens (including phenoxy) is 2. The number of nitrogens with one attached hydrogen (secondary N) is 1. The summed E-state index contributed by atoms with van der Waals surface area (Å²) in [4.78, 5) is 42.7. The highest BCUT2D eigenvalue weighted by atomic mass is 32.1. The largest absolute Gasteiger partial charge is 0.495 e. The van der Waals surface area contributed by atoms with Crippen LogP contribution >= 0.6 is 11.3 Å². The van der Waals surface area contributed by atoms with Crippen molar-refractivity contribution in [2.75, 3.05) is 19.0 Å². The molecule has 1 aliphatic rings. The Hall–Kier alpha value is -3.20. The lowest BCUT2D eigenvalue weighted by molar-refractivity contribution is -0.119. The van der Waals surface area contributed by atoms with Gasteiger partial charge in [-0.3, -0.25) is 14.2 Å². The highest BCUT2D eigenvalue weighted by molar-refractivity contribution is 7.20. The smallest absolute Gasteiger partial charge is 0.349 e. The number of amides is 1. The van der Waals surface area contributed by atoms with E-state index in [1.165, 1.54) is 7.11 Å². The average molecular weight is 413 g/mol. The number of methoxy groups -OCH3 is 1. The second kappa shape index (κ2) is 7.67. The molecule has 1 N–H and O–H groups in total. The summed E-state index contributed by atoms with van der Waals surface area (Å²) in [5.74, 6) is 0.121. The standard InChI is InChI=1S/C20H19N3O5S/c1-11-16-18(22-14-8-5-9-23(14)19(16)25)29-17(11)20(26)28-10-15(24)21-12-6-3-4-7-13(12)27-2/h3-4,6-7H,5,8-10H2,1-2H3,(H,21,24). The summed E-state index contributed by atoms with van der Waals surface area (Å²) in [7, 11) is 1.50. The Morgan fingerprint density at radius 1 is 1.31 bits per heavy atom. The third-order valence-electron chi connectivity index (χ3n) is 4.81. The summed E-state index contributed by atoms with van der Waals surface area (Å²) in [5.41, 5.74) is 0.907. The lowest BCUT2D eigenvalue weighted by atomic mass is 10.2. The van der Waals surface area contributed by atoms with Crippen LogP contribution in [0.4, 0.5) is 5.69 Å². The Morgan fingerprint density at radius 3 is 2.90 bits per heavy atom. The Morgan fingerprint density at radius 2 is 2.10 bits per heavy atom. The number of fused-ring (bicyclic) bond motifs is 2. The van der Waals surface area contributed by atoms with Gasteiger partial charge < -0.3 is 14.8 Å². The van der Waals surface area contributed by atoms with Crippen LogP contribution in [0.25, 0.3) is 10.2 Å². The first kappa shape index (κ1) is 19.1. The Balaban J connectivity index is 1.50. The Bertz CT molecular complexity index is 1180. The minimum atomic E-state index is -0.648. The van der Waals surface area contributed by atoms with Crippen molar-refractivity contribution in [3.8, 4) is 5.75 Å². The highest BCUT2D eigenvalue weighted by Crippen LogP contribution is 2.29. The molecule has 0 bridgehead atoms. The summed E-state index contributed by atoms with van der Waals surface area (Å²) in [6.45, 7) is 1.90. The van der Waals surface area contributed by atoms with Crippen molar-refractivity contribution in [3.63, 3.8) is 0 Å². The predicted octanol–water partition coefficient (Wildman–Crippen LogP) is 2.52. The molecular weight excluding hydrogens is 394 g/mol. The number of aromatic nitrogens is 2. The van der Waals surface area contributed by atoms with Gasteiger partial charge in [0.2, 0.25) is 0 Å². The first-order valence-corrected chi connectivity index (χ1v) is 9.94. The van der Waals surface area contributed by atoms with Crippen LogP contribution in [0.3, 0.4) is 0 Å². The van der Waals surface area contributed by atoms with Crippen LogP contribution in [0.2, 0.25) is 0 Å². The maximum Gasteiger partial charge on any atom is 0.349 e. The quantitative estimate of drug-likeness (QED) is 0.645. The number of anilines is 1. The zero-order valence-electron chi connectivity index (χ0n) is 16.0. The van der Waals surface area contributed by atoms with Gasteiger partial charge in [0.1, 0.15) is 21.3 Å². The molecule has 1 aliphatic heterocycles. The maximum absolute atomic E-state index is 12.7. The molecule has 3 aromatic rings. The van der Waals surface area contributed by atoms with Gasteiger partial charge >= 0.3 is 5.97 Å². The summed E-state index contributed by atoms with van der Waals surface area (Å²) in [5, 5.41) is 3.10. The lowest BCUT2D eigenvalue weighted by Gasteiger charge is -2.10. The fraction of sp³-hybridized carbons (Fsp3) is 0.300. The van der Waals surface area contributed by atoms with Gasteiger partial charge in [0, 0.05) is 13.0 Å². The monoisotopic (exact) mass is 413 g/mol. The molecule has 9 heteroatoms. The molecule has 0 radical (unpaired) electrons. The third-order valence-corrected chi connectivity index (χ3v) is 5.98. The molecule has 2 aromatic heterocycles. The molecule has 0 aliphatic carbocycles. The van der Waals surface area contributed by atoms with E-state index < -0.39 is 18.5 Å². The number of rotatable bonds is 5. The molecule has 1 amide bonds. The second-order valence-electron chi connectivity index (χ2n) is 6.65. The molecule has 8 nitrogen and oxygen atoms in total. The van der Waals surface area contributed by atoms with Crippen molar-refractivity contribution in [1.29, 1.82) is 0 Å². The number of aryl methyl sites for hydroxylation is 2. The van der Waals surface area contributed by atoms with E-state index >= 15 is 0 Å². The number of hydrogen-bond donors (Lipinski definition) is 1. The molecular formula is C20H19N3O5S. The average Bonchev–Trinajstić information content (AvgIpc) is 3.31. The number of thiophene rings is 1. The molecule has 0 saturated heterocycles. The van der Waals surface area contributed by atoms with Crippen LogP contribution < -0.4 is 15.6 Å². The predicted molar refractivity (Wildman–Crippen MR) is 109 cm³/mol. The summed E-state index contributed by atoms with van der Waals surface area (Å²) in [6.07, 6.45) is 1.65. The van der Waals surface area contributed by atoms with Crippen LogP contribution in [0.5, 0.6) is 5.75 Å². The zero-order chi connectivity index (χ0) is 20.5. The van der Waals surface area contributed by atoms with E-state index in [2.05, 4.69) is 10.3 Å². The molecule has 0 unspecified atom stereocenters. The van der Waals surface area contributed by atoms with Gasteiger partial charge in [0.05, 0.1) is 18.2 Å². The fourth-order valence-electron chi connectivity index (χ4n) is 3.40. The van der Waals surface area contributed by atoms with Gasteiger partial charge in [-0.15, -0.1) is 11.3 Å². The number of para-hydroxylation sites is 2. The van der Waals surface area contributed by atoms with Crippen LogP contribution in [0.15, 0.2) is 29.1 Å². The van der Waals surface area contributed by atoms with Gasteiger partial charge in [-0.05, 0) is 31.0 Å². The van der Waals surface area contributed by atoms with Crippen LogP contribution in [0, 0.1) is 6.92 Å². The summed E-state index contributed by atoms with van der Waals surface area (Å²) in [6, 6.07) is 6.94. The molecule has 1 aromatic carbocycles. The molecule has 29 heavy (non-hydrogen) atoms. The lowest BCUT2D eigenvalue weighted by Crippen LogP contribution is -2.21. The van der Waals surface area contributed by atoms with E-state index in [1.807, 2.05) is 0 Å². The van der Waals surface area contributed by atoms with Gasteiger partial charge in [-0.2, -0.15) is 0 Å². The van der Waals surface area contributed by atoms with Gasteiger partial charge in [-0.1, -0.05) is 12.1 Å². The normalized spacial score (nSPS) is 12.6. The molecule has 0 atom stereocenters. The Kier molecular flexibility index (Phi) is 5.06. The SMILES string of the molecule is COc1ccccc1NC(=O)COC(=O)c1sc2nc3n(c(=O)c2c1C)CCC3. The number of benzene rings is 1. The molecule has 0 spiro atoms. The molecule has 3 heterocycles. The molecule has 4 rings (SSSR count).